The van der Waals surface area contributed by atoms with E-state index in [1.807, 2.05) is 5.38 Å². The van der Waals surface area contributed by atoms with Crippen molar-refractivity contribution >= 4 is 22.9 Å². The highest BCUT2D eigenvalue weighted by molar-refractivity contribution is 7.13. The molecule has 0 radical (unpaired) electrons. The normalized spacial score (nSPS) is 12.1. The van der Waals surface area contributed by atoms with Crippen LogP contribution in [-0.2, 0) is 12.4 Å². The molecule has 1 aromatic carbocycles. The van der Waals surface area contributed by atoms with E-state index >= 15 is 0 Å². The van der Waals surface area contributed by atoms with E-state index < -0.39 is 0 Å². The highest BCUT2D eigenvalue weighted by atomic mass is 35.5. The van der Waals surface area contributed by atoms with Crippen molar-refractivity contribution in [3.05, 3.63) is 40.9 Å². The minimum absolute atomic E-state index is 0.192. The number of benzene rings is 1. The van der Waals surface area contributed by atoms with Gasteiger partial charge in [-0.15, -0.1) is 22.9 Å². The molecule has 0 fully saturated rings. The number of halogens is 1. The predicted octanol–water partition coefficient (Wildman–Crippen LogP) is 5.17. The van der Waals surface area contributed by atoms with Crippen molar-refractivity contribution in [3.63, 3.8) is 0 Å². The van der Waals surface area contributed by atoms with E-state index in [0.29, 0.717) is 5.88 Å². The molecular formula is C17H23ClN2S. The molecule has 0 aliphatic heterocycles. The Labute approximate surface area is 136 Å². The average Bonchev–Trinajstić information content (AvgIpc) is 2.96. The van der Waals surface area contributed by atoms with Crippen LogP contribution in [0.5, 0.6) is 0 Å². The van der Waals surface area contributed by atoms with Crippen LogP contribution >= 0.6 is 22.9 Å². The van der Waals surface area contributed by atoms with Crippen LogP contribution in [0.15, 0.2) is 29.6 Å². The molecule has 1 aromatic heterocycles. The Morgan fingerprint density at radius 3 is 2.62 bits per heavy atom. The Hall–Kier alpha value is -0.900. The summed E-state index contributed by atoms with van der Waals surface area (Å²) in [4.78, 5) is 7.02. The molecule has 0 amide bonds. The highest BCUT2D eigenvalue weighted by Gasteiger charge is 2.22. The van der Waals surface area contributed by atoms with Gasteiger partial charge in [0.1, 0.15) is 5.01 Å². The fourth-order valence-electron chi connectivity index (χ4n) is 2.10. The second-order valence-electron chi connectivity index (χ2n) is 5.96. The SMILES string of the molecule is CCC(C)(C)N(C)Cc1ccccc1-c1nc(CCl)cs1. The van der Waals surface area contributed by atoms with E-state index in [2.05, 4.69) is 62.0 Å². The van der Waals surface area contributed by atoms with Crippen LogP contribution in [-0.4, -0.2) is 22.5 Å². The van der Waals surface area contributed by atoms with E-state index in [-0.39, 0.29) is 5.54 Å². The third kappa shape index (κ3) is 3.85. The van der Waals surface area contributed by atoms with Crippen molar-refractivity contribution in [1.82, 2.24) is 9.88 Å². The standard InChI is InChI=1S/C17H23ClN2S/c1-5-17(2,3)20(4)11-13-8-6-7-9-15(13)16-19-14(10-18)12-21-16/h6-9,12H,5,10-11H2,1-4H3. The Morgan fingerprint density at radius 2 is 2.00 bits per heavy atom. The van der Waals surface area contributed by atoms with Gasteiger partial charge in [0.05, 0.1) is 11.6 Å². The maximum Gasteiger partial charge on any atom is 0.123 e. The van der Waals surface area contributed by atoms with E-state index in [1.165, 1.54) is 11.1 Å². The summed E-state index contributed by atoms with van der Waals surface area (Å²) >= 11 is 7.53. The van der Waals surface area contributed by atoms with E-state index in [0.717, 1.165) is 23.7 Å². The first kappa shape index (κ1) is 16.5. The molecule has 0 spiro atoms. The van der Waals surface area contributed by atoms with Crippen LogP contribution in [0.25, 0.3) is 10.6 Å². The molecule has 0 atom stereocenters. The fraction of sp³-hybridized carbons (Fsp3) is 0.471. The monoisotopic (exact) mass is 322 g/mol. The summed E-state index contributed by atoms with van der Waals surface area (Å²) in [5.74, 6) is 0.474. The van der Waals surface area contributed by atoms with Gasteiger partial charge in [-0.2, -0.15) is 0 Å². The van der Waals surface area contributed by atoms with Crippen molar-refractivity contribution in [2.75, 3.05) is 7.05 Å². The van der Waals surface area contributed by atoms with Gasteiger partial charge in [0.15, 0.2) is 0 Å². The molecule has 1 heterocycles. The first-order chi connectivity index (χ1) is 9.97. The Bertz CT molecular complexity index is 592. The molecule has 0 saturated heterocycles. The second-order valence-corrected chi connectivity index (χ2v) is 7.08. The lowest BCUT2D eigenvalue weighted by Crippen LogP contribution is -2.39. The van der Waals surface area contributed by atoms with Gasteiger partial charge in [0.2, 0.25) is 0 Å². The summed E-state index contributed by atoms with van der Waals surface area (Å²) in [5, 5.41) is 3.10. The van der Waals surface area contributed by atoms with Gasteiger partial charge in [0, 0.05) is 23.0 Å². The summed E-state index contributed by atoms with van der Waals surface area (Å²) in [6.07, 6.45) is 1.12. The van der Waals surface area contributed by atoms with Gasteiger partial charge in [-0.25, -0.2) is 4.98 Å². The van der Waals surface area contributed by atoms with Crippen LogP contribution in [0, 0.1) is 0 Å². The zero-order valence-corrected chi connectivity index (χ0v) is 14.8. The molecule has 0 bridgehead atoms. The zero-order chi connectivity index (χ0) is 15.5. The molecule has 2 aromatic rings. The maximum atomic E-state index is 5.87. The molecule has 0 unspecified atom stereocenters. The molecule has 0 aliphatic rings. The molecule has 4 heteroatoms. The number of nitrogens with zero attached hydrogens (tertiary/aromatic N) is 2. The lowest BCUT2D eigenvalue weighted by atomic mass is 9.98. The first-order valence-corrected chi connectivity index (χ1v) is 8.69. The van der Waals surface area contributed by atoms with Gasteiger partial charge >= 0.3 is 0 Å². The molecule has 0 N–H and O–H groups in total. The van der Waals surface area contributed by atoms with Crippen LogP contribution in [0.4, 0.5) is 0 Å². The largest absolute Gasteiger partial charge is 0.297 e. The topological polar surface area (TPSA) is 16.1 Å². The van der Waals surface area contributed by atoms with Crippen molar-refractivity contribution in [2.45, 2.75) is 45.2 Å². The van der Waals surface area contributed by atoms with Crippen molar-refractivity contribution in [1.29, 1.82) is 0 Å². The van der Waals surface area contributed by atoms with Crippen molar-refractivity contribution in [3.8, 4) is 10.6 Å². The molecule has 2 nitrogen and oxygen atoms in total. The summed E-state index contributed by atoms with van der Waals surface area (Å²) in [6, 6.07) is 8.52. The van der Waals surface area contributed by atoms with Gasteiger partial charge in [-0.1, -0.05) is 31.2 Å². The number of hydrogen-bond acceptors (Lipinski definition) is 3. The van der Waals surface area contributed by atoms with Crippen LogP contribution in [0.2, 0.25) is 0 Å². The Balaban J connectivity index is 2.29. The summed E-state index contributed by atoms with van der Waals surface area (Å²) in [6.45, 7) is 7.72. The first-order valence-electron chi connectivity index (χ1n) is 7.28. The maximum absolute atomic E-state index is 5.87. The highest BCUT2D eigenvalue weighted by Crippen LogP contribution is 2.29. The fourth-order valence-corrected chi connectivity index (χ4v) is 3.21. The number of hydrogen-bond donors (Lipinski definition) is 0. The quantitative estimate of drug-likeness (QED) is 0.682. The minimum atomic E-state index is 0.192. The molecule has 21 heavy (non-hydrogen) atoms. The number of alkyl halides is 1. The van der Waals surface area contributed by atoms with E-state index in [1.54, 1.807) is 11.3 Å². The molecular weight excluding hydrogens is 300 g/mol. The van der Waals surface area contributed by atoms with Crippen LogP contribution in [0.1, 0.15) is 38.4 Å². The minimum Gasteiger partial charge on any atom is -0.297 e. The van der Waals surface area contributed by atoms with Crippen LogP contribution < -0.4 is 0 Å². The van der Waals surface area contributed by atoms with Gasteiger partial charge in [0.25, 0.3) is 0 Å². The van der Waals surface area contributed by atoms with Gasteiger partial charge in [-0.05, 0) is 32.9 Å². The Kier molecular flexibility index (Phi) is 5.42. The van der Waals surface area contributed by atoms with Crippen molar-refractivity contribution in [2.24, 2.45) is 0 Å². The average molecular weight is 323 g/mol. The van der Waals surface area contributed by atoms with Gasteiger partial charge in [-0.3, -0.25) is 4.90 Å². The predicted molar refractivity (Wildman–Crippen MR) is 92.9 cm³/mol. The van der Waals surface area contributed by atoms with Crippen molar-refractivity contribution < 1.29 is 0 Å². The third-order valence-corrected chi connectivity index (χ3v) is 5.44. The molecule has 0 aliphatic carbocycles. The number of aromatic nitrogens is 1. The van der Waals surface area contributed by atoms with Crippen LogP contribution in [0.3, 0.4) is 0 Å². The van der Waals surface area contributed by atoms with E-state index in [9.17, 15) is 0 Å². The second kappa shape index (κ2) is 6.91. The lowest BCUT2D eigenvalue weighted by Gasteiger charge is -2.35. The molecule has 2 rings (SSSR count). The molecule has 114 valence electrons. The zero-order valence-electron chi connectivity index (χ0n) is 13.2. The lowest BCUT2D eigenvalue weighted by molar-refractivity contribution is 0.143. The van der Waals surface area contributed by atoms with Gasteiger partial charge < -0.3 is 0 Å². The Morgan fingerprint density at radius 1 is 1.29 bits per heavy atom. The summed E-state index contributed by atoms with van der Waals surface area (Å²) in [5.41, 5.74) is 3.68. The summed E-state index contributed by atoms with van der Waals surface area (Å²) in [7, 11) is 2.19. The molecule has 0 saturated carbocycles. The number of rotatable bonds is 6. The third-order valence-electron chi connectivity index (χ3n) is 4.24. The van der Waals surface area contributed by atoms with E-state index in [4.69, 9.17) is 11.6 Å². The summed E-state index contributed by atoms with van der Waals surface area (Å²) < 4.78 is 0. The smallest absolute Gasteiger partial charge is 0.123 e. The number of thiazole rings is 1.